The summed E-state index contributed by atoms with van der Waals surface area (Å²) in [6.07, 6.45) is 2.81. The van der Waals surface area contributed by atoms with Gasteiger partial charge in [0.2, 0.25) is 0 Å². The highest BCUT2D eigenvalue weighted by atomic mass is 19.1. The maximum Gasteiger partial charge on any atom is 0.268 e. The molecular formula is C13H17FN2O3. The van der Waals surface area contributed by atoms with Gasteiger partial charge in [-0.15, -0.1) is 0 Å². The predicted molar refractivity (Wildman–Crippen MR) is 65.1 cm³/mol. The van der Waals surface area contributed by atoms with Crippen molar-refractivity contribution in [3.63, 3.8) is 0 Å². The number of aliphatic hydroxyl groups excluding tert-OH is 1. The van der Waals surface area contributed by atoms with Crippen LogP contribution in [-0.4, -0.2) is 41.4 Å². The Morgan fingerprint density at radius 3 is 2.84 bits per heavy atom. The topological polar surface area (TPSA) is 74.3 Å². The first-order valence-corrected chi connectivity index (χ1v) is 6.52. The second-order valence-corrected chi connectivity index (χ2v) is 5.35. The van der Waals surface area contributed by atoms with Crippen molar-refractivity contribution in [1.82, 2.24) is 10.3 Å². The van der Waals surface area contributed by atoms with Gasteiger partial charge in [-0.2, -0.15) is 0 Å². The monoisotopic (exact) mass is 268 g/mol. The van der Waals surface area contributed by atoms with Crippen LogP contribution in [0.1, 0.15) is 29.8 Å². The van der Waals surface area contributed by atoms with Crippen molar-refractivity contribution in [2.45, 2.75) is 31.4 Å². The summed E-state index contributed by atoms with van der Waals surface area (Å²) in [5, 5.41) is 12.9. The quantitative estimate of drug-likeness (QED) is 0.743. The Bertz CT molecular complexity index is 482. The van der Waals surface area contributed by atoms with E-state index in [4.69, 9.17) is 4.74 Å². The minimum absolute atomic E-state index is 0.0646. The maximum absolute atomic E-state index is 12.9. The van der Waals surface area contributed by atoms with Crippen LogP contribution in [-0.2, 0) is 4.74 Å². The fraction of sp³-hybridized carbons (Fsp3) is 0.615. The lowest BCUT2D eigenvalue weighted by molar-refractivity contribution is -0.145. The first-order chi connectivity index (χ1) is 9.12. The molecule has 2 heterocycles. The Balaban J connectivity index is 1.68. The summed E-state index contributed by atoms with van der Waals surface area (Å²) in [7, 11) is 0. The highest BCUT2D eigenvalue weighted by Gasteiger charge is 2.55. The van der Waals surface area contributed by atoms with E-state index in [2.05, 4.69) is 10.3 Å². The van der Waals surface area contributed by atoms with Crippen molar-refractivity contribution in [3.8, 4) is 0 Å². The lowest BCUT2D eigenvalue weighted by Crippen LogP contribution is -2.65. The van der Waals surface area contributed by atoms with Crippen LogP contribution in [0.3, 0.4) is 0 Å². The highest BCUT2D eigenvalue weighted by molar-refractivity contribution is 5.92. The molecule has 1 aromatic heterocycles. The van der Waals surface area contributed by atoms with Gasteiger partial charge in [-0.1, -0.05) is 0 Å². The molecule has 2 fully saturated rings. The van der Waals surface area contributed by atoms with Crippen LogP contribution in [0.25, 0.3) is 0 Å². The van der Waals surface area contributed by atoms with Gasteiger partial charge in [0, 0.05) is 36.9 Å². The first kappa shape index (κ1) is 12.6. The summed E-state index contributed by atoms with van der Waals surface area (Å²) in [6.45, 7) is 1.22. The molecule has 0 radical (unpaired) electrons. The van der Waals surface area contributed by atoms with Crippen LogP contribution < -0.4 is 5.32 Å². The number of aromatic nitrogens is 1. The van der Waals surface area contributed by atoms with Gasteiger partial charge < -0.3 is 20.1 Å². The van der Waals surface area contributed by atoms with Gasteiger partial charge in [0.05, 0.1) is 6.10 Å². The second-order valence-electron chi connectivity index (χ2n) is 5.35. The van der Waals surface area contributed by atoms with Crippen LogP contribution in [0.2, 0.25) is 0 Å². The fourth-order valence-corrected chi connectivity index (χ4v) is 3.14. The Morgan fingerprint density at radius 2 is 2.26 bits per heavy atom. The van der Waals surface area contributed by atoms with E-state index >= 15 is 0 Å². The smallest absolute Gasteiger partial charge is 0.268 e. The van der Waals surface area contributed by atoms with Gasteiger partial charge >= 0.3 is 0 Å². The molecule has 0 unspecified atom stereocenters. The van der Waals surface area contributed by atoms with E-state index in [0.717, 1.165) is 19.0 Å². The lowest BCUT2D eigenvalue weighted by atomic mass is 9.58. The minimum Gasteiger partial charge on any atom is -0.392 e. The average Bonchev–Trinajstić information content (AvgIpc) is 2.86. The van der Waals surface area contributed by atoms with Crippen molar-refractivity contribution in [3.05, 3.63) is 23.8 Å². The predicted octanol–water partition coefficient (Wildman–Crippen LogP) is 0.814. The molecule has 1 aliphatic heterocycles. The van der Waals surface area contributed by atoms with Crippen molar-refractivity contribution in [2.24, 2.45) is 5.41 Å². The summed E-state index contributed by atoms with van der Waals surface area (Å²) in [5.74, 6) is -0.786. The molecule has 5 nitrogen and oxygen atoms in total. The van der Waals surface area contributed by atoms with E-state index in [1.165, 1.54) is 6.07 Å². The molecule has 1 aromatic rings. The Labute approximate surface area is 110 Å². The standard InChI is InChI=1S/C13H17FN2O3/c14-8-5-9(15-7-8)12(18)16-10-6-11(17)13(10)1-3-19-4-2-13/h5,7,10-11,15,17H,1-4,6H2,(H,16,18)/t10-,11-/m1/s1. The van der Waals surface area contributed by atoms with E-state index in [-0.39, 0.29) is 29.2 Å². The molecule has 0 aromatic carbocycles. The van der Waals surface area contributed by atoms with Crippen LogP contribution in [0.15, 0.2) is 12.3 Å². The van der Waals surface area contributed by atoms with Crippen molar-refractivity contribution < 1.29 is 19.0 Å². The molecule has 3 N–H and O–H groups in total. The Hall–Kier alpha value is -1.40. The fourth-order valence-electron chi connectivity index (χ4n) is 3.14. The Morgan fingerprint density at radius 1 is 1.53 bits per heavy atom. The van der Waals surface area contributed by atoms with E-state index in [0.29, 0.717) is 19.6 Å². The average molecular weight is 268 g/mol. The number of nitrogens with one attached hydrogen (secondary N) is 2. The number of amides is 1. The molecule has 1 saturated heterocycles. The van der Waals surface area contributed by atoms with E-state index in [1.54, 1.807) is 0 Å². The van der Waals surface area contributed by atoms with Gasteiger partial charge in [0.15, 0.2) is 0 Å². The number of halogens is 1. The van der Waals surface area contributed by atoms with E-state index < -0.39 is 5.82 Å². The van der Waals surface area contributed by atoms with Gasteiger partial charge in [0.25, 0.3) is 5.91 Å². The van der Waals surface area contributed by atoms with Crippen molar-refractivity contribution in [2.75, 3.05) is 13.2 Å². The van der Waals surface area contributed by atoms with Gasteiger partial charge in [0.1, 0.15) is 11.5 Å². The molecule has 6 heteroatoms. The van der Waals surface area contributed by atoms with Crippen LogP contribution in [0, 0.1) is 11.2 Å². The number of hydrogen-bond acceptors (Lipinski definition) is 3. The van der Waals surface area contributed by atoms with Crippen LogP contribution >= 0.6 is 0 Å². The minimum atomic E-state index is -0.459. The van der Waals surface area contributed by atoms with Crippen molar-refractivity contribution in [1.29, 1.82) is 0 Å². The Kier molecular flexibility index (Phi) is 3.06. The SMILES string of the molecule is O=C(N[C@@H]1C[C@@H](O)C12CCOCC2)c1cc(F)c[nH]1. The number of H-pyrrole nitrogens is 1. The van der Waals surface area contributed by atoms with Crippen LogP contribution in [0.5, 0.6) is 0 Å². The van der Waals surface area contributed by atoms with Gasteiger partial charge in [-0.05, 0) is 19.3 Å². The summed E-state index contributed by atoms with van der Waals surface area (Å²) in [5.41, 5.74) is -0.0555. The molecule has 2 aliphatic rings. The molecule has 2 atom stereocenters. The summed E-state index contributed by atoms with van der Waals surface area (Å²) < 4.78 is 18.2. The molecule has 0 bridgehead atoms. The third-order valence-electron chi connectivity index (χ3n) is 4.44. The zero-order valence-electron chi connectivity index (χ0n) is 10.5. The van der Waals surface area contributed by atoms with Gasteiger partial charge in [-0.3, -0.25) is 4.79 Å². The first-order valence-electron chi connectivity index (χ1n) is 6.52. The number of ether oxygens (including phenoxy) is 1. The number of aliphatic hydroxyl groups is 1. The molecule has 1 aliphatic carbocycles. The third kappa shape index (κ3) is 2.04. The zero-order valence-corrected chi connectivity index (χ0v) is 10.5. The largest absolute Gasteiger partial charge is 0.392 e. The van der Waals surface area contributed by atoms with E-state index in [1.807, 2.05) is 0 Å². The van der Waals surface area contributed by atoms with E-state index in [9.17, 15) is 14.3 Å². The molecule has 3 rings (SSSR count). The van der Waals surface area contributed by atoms with Gasteiger partial charge in [-0.25, -0.2) is 4.39 Å². The number of rotatable bonds is 2. The number of carbonyl (C=O) groups excluding carboxylic acids is 1. The molecule has 1 saturated carbocycles. The summed E-state index contributed by atoms with van der Waals surface area (Å²) in [6, 6.07) is 1.10. The molecule has 19 heavy (non-hydrogen) atoms. The maximum atomic E-state index is 12.9. The number of aromatic amines is 1. The molecular weight excluding hydrogens is 251 g/mol. The highest BCUT2D eigenvalue weighted by Crippen LogP contribution is 2.48. The molecule has 1 amide bonds. The lowest BCUT2D eigenvalue weighted by Gasteiger charge is -2.55. The number of hydrogen-bond donors (Lipinski definition) is 3. The zero-order chi connectivity index (χ0) is 13.5. The van der Waals surface area contributed by atoms with Crippen LogP contribution in [0.4, 0.5) is 4.39 Å². The summed E-state index contributed by atoms with van der Waals surface area (Å²) >= 11 is 0. The van der Waals surface area contributed by atoms with Crippen molar-refractivity contribution >= 4 is 5.91 Å². The normalized spacial score (nSPS) is 28.9. The summed E-state index contributed by atoms with van der Waals surface area (Å²) in [4.78, 5) is 14.6. The molecule has 104 valence electrons. The second kappa shape index (κ2) is 4.61. The third-order valence-corrected chi connectivity index (χ3v) is 4.44. The number of carbonyl (C=O) groups is 1. The molecule has 1 spiro atoms.